The van der Waals surface area contributed by atoms with E-state index in [9.17, 15) is 4.79 Å². The Balaban J connectivity index is 1.94. The number of nitrogens with one attached hydrogen (secondary N) is 1. The summed E-state index contributed by atoms with van der Waals surface area (Å²) in [6.07, 6.45) is 3.75. The minimum Gasteiger partial charge on any atom is -0.349 e. The third kappa shape index (κ3) is 3.57. The molecule has 106 valence electrons. The van der Waals surface area contributed by atoms with Gasteiger partial charge in [0.25, 0.3) is 0 Å². The quantitative estimate of drug-likeness (QED) is 0.894. The molecule has 0 aromatic carbocycles. The van der Waals surface area contributed by atoms with Crippen molar-refractivity contribution in [3.8, 4) is 0 Å². The summed E-state index contributed by atoms with van der Waals surface area (Å²) in [5.74, 6) is 0.0754. The number of rotatable bonds is 3. The number of amides is 1. The van der Waals surface area contributed by atoms with Gasteiger partial charge in [0.05, 0.1) is 6.04 Å². The van der Waals surface area contributed by atoms with Crippen LogP contribution in [0.2, 0.25) is 0 Å². The van der Waals surface area contributed by atoms with Crippen LogP contribution in [-0.4, -0.2) is 11.9 Å². The van der Waals surface area contributed by atoms with Gasteiger partial charge in [-0.15, -0.1) is 11.3 Å². The van der Waals surface area contributed by atoms with Crippen LogP contribution in [0, 0.1) is 5.41 Å². The van der Waals surface area contributed by atoms with Gasteiger partial charge < -0.3 is 11.1 Å². The summed E-state index contributed by atoms with van der Waals surface area (Å²) in [4.78, 5) is 13.5. The molecule has 2 rings (SSSR count). The fourth-order valence-electron chi connectivity index (χ4n) is 2.40. The molecule has 2 unspecified atom stereocenters. The number of fused-ring (bicyclic) bond motifs is 1. The highest BCUT2D eigenvalue weighted by atomic mass is 32.1. The summed E-state index contributed by atoms with van der Waals surface area (Å²) in [5.41, 5.74) is 7.36. The largest absolute Gasteiger partial charge is 0.349 e. The van der Waals surface area contributed by atoms with Gasteiger partial charge in [-0.3, -0.25) is 4.79 Å². The molecule has 0 spiro atoms. The average Bonchev–Trinajstić information content (AvgIpc) is 2.76. The molecule has 1 aromatic rings. The monoisotopic (exact) mass is 280 g/mol. The minimum atomic E-state index is -0.0990. The van der Waals surface area contributed by atoms with E-state index in [2.05, 4.69) is 37.5 Å². The third-order valence-corrected chi connectivity index (χ3v) is 4.90. The molecular weight excluding hydrogens is 256 g/mol. The number of hydrogen-bond donors (Lipinski definition) is 2. The van der Waals surface area contributed by atoms with E-state index in [1.54, 1.807) is 11.3 Å². The van der Waals surface area contributed by atoms with Gasteiger partial charge in [0, 0.05) is 17.3 Å². The van der Waals surface area contributed by atoms with Gasteiger partial charge in [0.2, 0.25) is 5.91 Å². The highest BCUT2D eigenvalue weighted by Gasteiger charge is 2.26. The summed E-state index contributed by atoms with van der Waals surface area (Å²) in [6.45, 7) is 6.22. The van der Waals surface area contributed by atoms with Crippen LogP contribution >= 0.6 is 11.3 Å². The minimum absolute atomic E-state index is 0.0303. The molecule has 0 saturated carbocycles. The van der Waals surface area contributed by atoms with Crippen molar-refractivity contribution >= 4 is 17.2 Å². The summed E-state index contributed by atoms with van der Waals surface area (Å²) in [5, 5.41) is 5.27. The van der Waals surface area contributed by atoms with E-state index in [-0.39, 0.29) is 23.4 Å². The first-order valence-electron chi connectivity index (χ1n) is 6.99. The van der Waals surface area contributed by atoms with Crippen molar-refractivity contribution in [3.05, 3.63) is 21.9 Å². The zero-order valence-corrected chi connectivity index (χ0v) is 12.8. The number of aryl methyl sites for hydroxylation is 1. The van der Waals surface area contributed by atoms with Crippen LogP contribution in [0.4, 0.5) is 0 Å². The highest BCUT2D eigenvalue weighted by Crippen LogP contribution is 2.33. The molecule has 3 nitrogen and oxygen atoms in total. The van der Waals surface area contributed by atoms with Gasteiger partial charge in [0.1, 0.15) is 0 Å². The SMILES string of the molecule is CC(C)(C)C(N)CC(=O)NC1CCCc2sccc21. The van der Waals surface area contributed by atoms with Crippen LogP contribution in [0.25, 0.3) is 0 Å². The van der Waals surface area contributed by atoms with Crippen LogP contribution in [0.5, 0.6) is 0 Å². The van der Waals surface area contributed by atoms with Crippen molar-refractivity contribution in [2.45, 2.75) is 58.5 Å². The Bertz CT molecular complexity index is 447. The Morgan fingerprint density at radius 1 is 1.58 bits per heavy atom. The third-order valence-electron chi connectivity index (χ3n) is 3.90. The topological polar surface area (TPSA) is 55.1 Å². The Morgan fingerprint density at radius 2 is 2.32 bits per heavy atom. The lowest BCUT2D eigenvalue weighted by Crippen LogP contribution is -2.41. The zero-order valence-electron chi connectivity index (χ0n) is 12.0. The molecule has 19 heavy (non-hydrogen) atoms. The molecule has 1 heterocycles. The van der Waals surface area contributed by atoms with E-state index in [1.807, 2.05) is 0 Å². The Kier molecular flexibility index (Phi) is 4.31. The van der Waals surface area contributed by atoms with E-state index in [0.29, 0.717) is 6.42 Å². The number of carbonyl (C=O) groups is 1. The van der Waals surface area contributed by atoms with E-state index in [1.165, 1.54) is 10.4 Å². The predicted octanol–water partition coefficient (Wildman–Crippen LogP) is 3.01. The maximum Gasteiger partial charge on any atom is 0.222 e. The van der Waals surface area contributed by atoms with Gasteiger partial charge in [-0.25, -0.2) is 0 Å². The van der Waals surface area contributed by atoms with E-state index in [4.69, 9.17) is 5.73 Å². The molecule has 1 aliphatic rings. The molecule has 0 aliphatic heterocycles. The van der Waals surface area contributed by atoms with Crippen molar-refractivity contribution in [1.29, 1.82) is 0 Å². The van der Waals surface area contributed by atoms with E-state index < -0.39 is 0 Å². The molecule has 0 fully saturated rings. The summed E-state index contributed by atoms with van der Waals surface area (Å²) >= 11 is 1.80. The summed E-state index contributed by atoms with van der Waals surface area (Å²) in [7, 11) is 0. The molecule has 4 heteroatoms. The van der Waals surface area contributed by atoms with Gasteiger partial charge in [-0.05, 0) is 41.7 Å². The van der Waals surface area contributed by atoms with Crippen molar-refractivity contribution in [2.75, 3.05) is 0 Å². The normalized spacial score (nSPS) is 20.7. The smallest absolute Gasteiger partial charge is 0.222 e. The van der Waals surface area contributed by atoms with Gasteiger partial charge in [-0.1, -0.05) is 20.8 Å². The molecule has 0 bridgehead atoms. The first-order chi connectivity index (χ1) is 8.88. The molecule has 0 saturated heterocycles. The number of thiophene rings is 1. The molecule has 2 atom stereocenters. The molecule has 0 radical (unpaired) electrons. The first kappa shape index (κ1) is 14.5. The van der Waals surface area contributed by atoms with Crippen LogP contribution in [0.3, 0.4) is 0 Å². The molecule has 1 amide bonds. The standard InChI is InChI=1S/C15H24N2OS/c1-15(2,3)13(16)9-14(18)17-11-5-4-6-12-10(11)7-8-19-12/h7-8,11,13H,4-6,9,16H2,1-3H3,(H,17,18). The van der Waals surface area contributed by atoms with Gasteiger partial charge in [-0.2, -0.15) is 0 Å². The van der Waals surface area contributed by atoms with Crippen molar-refractivity contribution in [2.24, 2.45) is 11.1 Å². The second-order valence-electron chi connectivity index (χ2n) is 6.49. The fraction of sp³-hybridized carbons (Fsp3) is 0.667. The zero-order chi connectivity index (χ0) is 14.0. The van der Waals surface area contributed by atoms with Crippen LogP contribution in [-0.2, 0) is 11.2 Å². The lowest BCUT2D eigenvalue weighted by atomic mass is 9.85. The summed E-state index contributed by atoms with van der Waals surface area (Å²) in [6, 6.07) is 2.24. The number of carbonyl (C=O) groups excluding carboxylic acids is 1. The van der Waals surface area contributed by atoms with Gasteiger partial charge >= 0.3 is 0 Å². The van der Waals surface area contributed by atoms with E-state index in [0.717, 1.165) is 19.3 Å². The number of hydrogen-bond acceptors (Lipinski definition) is 3. The Hall–Kier alpha value is -0.870. The molecule has 1 aromatic heterocycles. The maximum atomic E-state index is 12.1. The van der Waals surface area contributed by atoms with Crippen molar-refractivity contribution in [1.82, 2.24) is 5.32 Å². The van der Waals surface area contributed by atoms with E-state index >= 15 is 0 Å². The Labute approximate surface area is 119 Å². The number of nitrogens with two attached hydrogens (primary N) is 1. The first-order valence-corrected chi connectivity index (χ1v) is 7.87. The lowest BCUT2D eigenvalue weighted by Gasteiger charge is -2.28. The Morgan fingerprint density at radius 3 is 3.00 bits per heavy atom. The summed E-state index contributed by atoms with van der Waals surface area (Å²) < 4.78 is 0. The van der Waals surface area contributed by atoms with Crippen LogP contribution < -0.4 is 11.1 Å². The molecule has 3 N–H and O–H groups in total. The predicted molar refractivity (Wildman–Crippen MR) is 80.2 cm³/mol. The van der Waals surface area contributed by atoms with Crippen LogP contribution in [0.1, 0.15) is 56.5 Å². The molecule has 1 aliphatic carbocycles. The second-order valence-corrected chi connectivity index (χ2v) is 7.49. The highest BCUT2D eigenvalue weighted by molar-refractivity contribution is 7.10. The van der Waals surface area contributed by atoms with Crippen LogP contribution in [0.15, 0.2) is 11.4 Å². The molecular formula is C15H24N2OS. The fourth-order valence-corrected chi connectivity index (χ4v) is 3.38. The van der Waals surface area contributed by atoms with Crippen molar-refractivity contribution < 1.29 is 4.79 Å². The lowest BCUT2D eigenvalue weighted by molar-refractivity contribution is -0.122. The van der Waals surface area contributed by atoms with Gasteiger partial charge in [0.15, 0.2) is 0 Å². The van der Waals surface area contributed by atoms with Crippen molar-refractivity contribution in [3.63, 3.8) is 0 Å². The second kappa shape index (κ2) is 5.63. The average molecular weight is 280 g/mol. The maximum absolute atomic E-state index is 12.1.